The van der Waals surface area contributed by atoms with Crippen molar-refractivity contribution in [2.45, 2.75) is 60.3 Å². The Balaban J connectivity index is 0.000000849. The Kier molecular flexibility index (Phi) is 23.0. The van der Waals surface area contributed by atoms with Crippen molar-refractivity contribution in [1.82, 2.24) is 0 Å². The fraction of sp³-hybridized carbons (Fsp3) is 0.257. The van der Waals surface area contributed by atoms with E-state index in [1.165, 1.54) is 10.8 Å². The molecule has 9 heteroatoms. The van der Waals surface area contributed by atoms with Gasteiger partial charge in [-0.3, -0.25) is 0 Å². The summed E-state index contributed by atoms with van der Waals surface area (Å²) in [5, 5.41) is 42.5. The van der Waals surface area contributed by atoms with Crippen molar-refractivity contribution in [2.75, 3.05) is 7.05 Å². The van der Waals surface area contributed by atoms with Crippen LogP contribution < -0.4 is 0 Å². The molecule has 0 atom stereocenters. The molecule has 236 valence electrons. The van der Waals surface area contributed by atoms with Crippen LogP contribution in [0.4, 0.5) is 17.1 Å². The smallest absolute Gasteiger partial charge is 0.152 e. The van der Waals surface area contributed by atoms with Gasteiger partial charge in [0.2, 0.25) is 0 Å². The Hall–Kier alpha value is -4.15. The summed E-state index contributed by atoms with van der Waals surface area (Å²) >= 11 is 0.707. The molecule has 0 spiro atoms. The maximum absolute atomic E-state index is 10.6. The molecular formula is C35H46N4O4S. The summed E-state index contributed by atoms with van der Waals surface area (Å²) in [6, 6.07) is 32.7. The third kappa shape index (κ3) is 13.0. The van der Waals surface area contributed by atoms with Gasteiger partial charge in [0, 0.05) is 12.4 Å². The average molecular weight is 619 g/mol. The van der Waals surface area contributed by atoms with E-state index < -0.39 is 0 Å². The summed E-state index contributed by atoms with van der Waals surface area (Å²) < 4.78 is 4.50. The molecule has 0 aliphatic carbocycles. The summed E-state index contributed by atoms with van der Waals surface area (Å²) in [6.07, 6.45) is 0. The van der Waals surface area contributed by atoms with Crippen molar-refractivity contribution in [3.63, 3.8) is 0 Å². The van der Waals surface area contributed by atoms with Crippen molar-refractivity contribution < 1.29 is 19.7 Å². The standard InChI is InChI=1S/C17H14N4O4S.C10H8.4C2H6/c1-18-19-12-6-8-13(9-7-12)20-21-16-15(26-25-24-23)10-11-4-2-3-5-14(11)17(16)22;1-2-6-10-8-4-3-7-9(10)5-1;4*1-2/h2-10,22-23H,1H3;1-8H;4*1-2H3. The van der Waals surface area contributed by atoms with Gasteiger partial charge in [-0.05, 0) is 46.5 Å². The van der Waals surface area contributed by atoms with Gasteiger partial charge < -0.3 is 5.11 Å². The molecule has 0 aromatic heterocycles. The minimum atomic E-state index is -0.0488. The third-order valence-corrected chi connectivity index (χ3v) is 5.72. The fourth-order valence-electron chi connectivity index (χ4n) is 3.45. The lowest BCUT2D eigenvalue weighted by atomic mass is 10.1. The Labute approximate surface area is 266 Å². The van der Waals surface area contributed by atoms with Crippen molar-refractivity contribution in [2.24, 2.45) is 20.5 Å². The minimum absolute atomic E-state index is 0.0488. The van der Waals surface area contributed by atoms with E-state index in [0.29, 0.717) is 33.7 Å². The van der Waals surface area contributed by atoms with Crippen LogP contribution >= 0.6 is 12.0 Å². The summed E-state index contributed by atoms with van der Waals surface area (Å²) in [7, 11) is 1.59. The first-order valence-corrected chi connectivity index (χ1v) is 15.6. The van der Waals surface area contributed by atoms with E-state index in [0.717, 1.165) is 5.39 Å². The molecule has 0 saturated carbocycles. The minimum Gasteiger partial charge on any atom is -0.505 e. The van der Waals surface area contributed by atoms with Crippen molar-refractivity contribution in [3.8, 4) is 5.75 Å². The summed E-state index contributed by atoms with van der Waals surface area (Å²) in [5.74, 6) is -0.0488. The second-order valence-electron chi connectivity index (χ2n) is 7.38. The molecule has 0 radical (unpaired) electrons. The van der Waals surface area contributed by atoms with Crippen LogP contribution in [0, 0.1) is 0 Å². The van der Waals surface area contributed by atoms with Gasteiger partial charge in [0.15, 0.2) is 5.75 Å². The number of azo groups is 2. The largest absolute Gasteiger partial charge is 0.505 e. The van der Waals surface area contributed by atoms with E-state index >= 15 is 0 Å². The third-order valence-electron chi connectivity index (χ3n) is 5.10. The van der Waals surface area contributed by atoms with E-state index in [2.05, 4.69) is 78.4 Å². The first-order valence-electron chi connectivity index (χ1n) is 14.8. The number of fused-ring (bicyclic) bond motifs is 2. The zero-order valence-electron chi connectivity index (χ0n) is 27.2. The lowest BCUT2D eigenvalue weighted by molar-refractivity contribution is -0.432. The van der Waals surface area contributed by atoms with Crippen molar-refractivity contribution in [1.29, 1.82) is 0 Å². The highest BCUT2D eigenvalue weighted by Crippen LogP contribution is 2.43. The van der Waals surface area contributed by atoms with Gasteiger partial charge in [0.05, 0.1) is 28.3 Å². The molecule has 44 heavy (non-hydrogen) atoms. The molecule has 0 amide bonds. The van der Waals surface area contributed by atoms with E-state index in [-0.39, 0.29) is 11.4 Å². The maximum atomic E-state index is 10.6. The molecule has 5 aromatic carbocycles. The summed E-state index contributed by atoms with van der Waals surface area (Å²) in [4.78, 5) is 0.426. The van der Waals surface area contributed by atoms with Gasteiger partial charge in [-0.1, -0.05) is 133 Å². The number of hydrogen-bond donors (Lipinski definition) is 2. The van der Waals surface area contributed by atoms with E-state index in [9.17, 15) is 5.11 Å². The normalized spacial score (nSPS) is 9.77. The molecular weight excluding hydrogens is 572 g/mol. The lowest BCUT2D eigenvalue weighted by Crippen LogP contribution is -1.83. The van der Waals surface area contributed by atoms with Crippen LogP contribution in [-0.2, 0) is 9.37 Å². The molecule has 0 fully saturated rings. The van der Waals surface area contributed by atoms with Gasteiger partial charge in [0.1, 0.15) is 5.69 Å². The Morgan fingerprint density at radius 2 is 1.00 bits per heavy atom. The van der Waals surface area contributed by atoms with Gasteiger partial charge in [-0.2, -0.15) is 15.3 Å². The van der Waals surface area contributed by atoms with Crippen LogP contribution in [-0.4, -0.2) is 17.4 Å². The topological polar surface area (TPSA) is 108 Å². The molecule has 0 aliphatic rings. The number of benzene rings is 5. The monoisotopic (exact) mass is 618 g/mol. The van der Waals surface area contributed by atoms with E-state index in [4.69, 9.17) is 5.26 Å². The molecule has 8 nitrogen and oxygen atoms in total. The van der Waals surface area contributed by atoms with Crippen LogP contribution in [0.2, 0.25) is 0 Å². The molecule has 5 aromatic rings. The highest BCUT2D eigenvalue weighted by atomic mass is 32.2. The number of rotatable bonds is 6. The van der Waals surface area contributed by atoms with Gasteiger partial charge >= 0.3 is 0 Å². The quantitative estimate of drug-likeness (QED) is 0.0851. The van der Waals surface area contributed by atoms with E-state index in [1.54, 1.807) is 43.4 Å². The summed E-state index contributed by atoms with van der Waals surface area (Å²) in [5.41, 5.74) is 1.47. The molecule has 0 aliphatic heterocycles. The molecule has 5 rings (SSSR count). The van der Waals surface area contributed by atoms with Crippen LogP contribution in [0.5, 0.6) is 5.75 Å². The van der Waals surface area contributed by atoms with Crippen LogP contribution in [0.3, 0.4) is 0 Å². The number of aromatic hydroxyl groups is 1. The lowest BCUT2D eigenvalue weighted by Gasteiger charge is -2.08. The molecule has 0 saturated heterocycles. The highest BCUT2D eigenvalue weighted by Gasteiger charge is 2.14. The SMILES string of the molecule is CC.CC.CC.CC.CN=Nc1ccc(N=Nc2c(SOOO)cc3ccccc3c2O)cc1.c1ccc2ccccc2c1. The average Bonchev–Trinajstić information content (AvgIpc) is 3.11. The van der Waals surface area contributed by atoms with Gasteiger partial charge in [0.25, 0.3) is 0 Å². The first-order chi connectivity index (χ1) is 21.7. The zero-order chi connectivity index (χ0) is 33.2. The van der Waals surface area contributed by atoms with Crippen LogP contribution in [0.25, 0.3) is 21.5 Å². The van der Waals surface area contributed by atoms with Gasteiger partial charge in [-0.15, -0.1) is 9.45 Å². The molecule has 0 bridgehead atoms. The van der Waals surface area contributed by atoms with Crippen molar-refractivity contribution in [3.05, 3.63) is 103 Å². The predicted octanol–water partition coefficient (Wildman–Crippen LogP) is 13.0. The van der Waals surface area contributed by atoms with Crippen LogP contribution in [0.15, 0.2) is 128 Å². The van der Waals surface area contributed by atoms with Crippen LogP contribution in [0.1, 0.15) is 55.4 Å². The molecule has 2 N–H and O–H groups in total. The number of phenolic OH excluding ortho intramolecular Hbond substituents is 1. The molecule has 0 heterocycles. The Bertz CT molecular complexity index is 1450. The Morgan fingerprint density at radius 1 is 0.568 bits per heavy atom. The molecule has 0 unspecified atom stereocenters. The van der Waals surface area contributed by atoms with Gasteiger partial charge in [-0.25, -0.2) is 5.26 Å². The second kappa shape index (κ2) is 25.4. The summed E-state index contributed by atoms with van der Waals surface area (Å²) in [6.45, 7) is 16.0. The number of nitrogens with zero attached hydrogens (tertiary/aromatic N) is 4. The fourth-order valence-corrected chi connectivity index (χ4v) is 3.94. The van der Waals surface area contributed by atoms with E-state index in [1.807, 2.05) is 73.6 Å². The van der Waals surface area contributed by atoms with Crippen molar-refractivity contribution >= 4 is 50.6 Å². The first kappa shape index (κ1) is 39.8. The maximum Gasteiger partial charge on any atom is 0.152 e. The second-order valence-corrected chi connectivity index (χ2v) is 8.13. The predicted molar refractivity (Wildman–Crippen MR) is 187 cm³/mol. The zero-order valence-corrected chi connectivity index (χ0v) is 28.0. The Morgan fingerprint density at radius 3 is 1.45 bits per heavy atom. The number of phenols is 1. The highest BCUT2D eigenvalue weighted by molar-refractivity contribution is 7.94. The number of hydrogen-bond acceptors (Lipinski definition) is 9.